The largest absolute Gasteiger partial charge is 0.449 e. The summed E-state index contributed by atoms with van der Waals surface area (Å²) in [6.45, 7) is 8.76. The number of ether oxygens (including phenoxy) is 2. The molecule has 256 valence electrons. The number of rotatable bonds is 9. The van der Waals surface area contributed by atoms with Crippen LogP contribution in [-0.2, 0) is 4.74 Å². The van der Waals surface area contributed by atoms with Crippen LogP contribution in [0.1, 0.15) is 73.6 Å². The van der Waals surface area contributed by atoms with Crippen molar-refractivity contribution in [3.8, 4) is 17.9 Å². The Labute approximate surface area is 295 Å². The number of carbonyl (C=O) groups is 2. The number of amides is 2. The highest BCUT2D eigenvalue weighted by molar-refractivity contribution is 5.74. The molecular formula is C42H44N4O4. The van der Waals surface area contributed by atoms with E-state index in [1.807, 2.05) is 80.6 Å². The van der Waals surface area contributed by atoms with Crippen LogP contribution in [0.15, 0.2) is 127 Å². The molecule has 3 atom stereocenters. The fourth-order valence-electron chi connectivity index (χ4n) is 5.47. The maximum atomic E-state index is 12.3. The molecule has 3 aromatic carbocycles. The molecule has 3 unspecified atom stereocenters. The molecule has 3 aromatic rings. The number of carbonyl (C=O) groups excluding carboxylic acids is 2. The highest BCUT2D eigenvalue weighted by Crippen LogP contribution is 2.31. The maximum absolute atomic E-state index is 12.3. The van der Waals surface area contributed by atoms with Crippen LogP contribution < -0.4 is 4.74 Å². The molecule has 0 radical (unpaired) electrons. The average molecular weight is 669 g/mol. The standard InChI is InChI=1S/C22H28N2O2.C20H16N2O2/c1-4-6-7-18(5-2)16-26-22(25)24-13-12-21(20(14-23)15-24)19-10-8-17(3)9-11-19;1-15-7-9-16(10-8-15)19-11-12-22(14-17(19)13-21)20(23)24-18-5-3-2-4-6-18/h8-13,15,18,21H,4-7,16H2,1-3H3;2-12,14,19H,1H3. The van der Waals surface area contributed by atoms with Gasteiger partial charge >= 0.3 is 12.2 Å². The number of aryl methyl sites for hydroxylation is 2. The monoisotopic (exact) mass is 668 g/mol. The Bertz CT molecular complexity index is 1800. The Morgan fingerprint density at radius 2 is 1.24 bits per heavy atom. The molecule has 50 heavy (non-hydrogen) atoms. The highest BCUT2D eigenvalue weighted by Gasteiger charge is 2.24. The summed E-state index contributed by atoms with van der Waals surface area (Å²) in [6, 6.07) is 29.3. The Hall–Kier alpha value is -5.86. The number of para-hydroxylation sites is 1. The van der Waals surface area contributed by atoms with E-state index in [1.54, 1.807) is 42.9 Å². The number of nitrogens with zero attached hydrogens (tertiary/aromatic N) is 4. The molecule has 0 saturated heterocycles. The van der Waals surface area contributed by atoms with E-state index < -0.39 is 12.2 Å². The lowest BCUT2D eigenvalue weighted by Crippen LogP contribution is -2.27. The van der Waals surface area contributed by atoms with Gasteiger partial charge in [-0.1, -0.05) is 123 Å². The molecule has 2 aliphatic heterocycles. The van der Waals surface area contributed by atoms with Crippen LogP contribution in [0.4, 0.5) is 9.59 Å². The summed E-state index contributed by atoms with van der Waals surface area (Å²) in [4.78, 5) is 27.2. The molecule has 2 heterocycles. The first kappa shape index (κ1) is 37.0. The molecule has 0 aromatic heterocycles. The van der Waals surface area contributed by atoms with Crippen LogP contribution in [0.3, 0.4) is 0 Å². The van der Waals surface area contributed by atoms with Crippen molar-refractivity contribution in [3.63, 3.8) is 0 Å². The second kappa shape index (κ2) is 18.6. The zero-order valence-electron chi connectivity index (χ0n) is 29.2. The van der Waals surface area contributed by atoms with E-state index >= 15 is 0 Å². The third kappa shape index (κ3) is 10.3. The van der Waals surface area contributed by atoms with Gasteiger partial charge in [0, 0.05) is 36.6 Å². The SMILES string of the molecule is CCCCC(CC)COC(=O)N1C=CC(c2ccc(C)cc2)C(C#N)=C1.Cc1ccc(C2C=CN(C(=O)Oc3ccccc3)C=C2C#N)cc1. The second-order valence-corrected chi connectivity index (χ2v) is 12.3. The van der Waals surface area contributed by atoms with Gasteiger partial charge in [-0.2, -0.15) is 10.5 Å². The predicted octanol–water partition coefficient (Wildman–Crippen LogP) is 10.2. The van der Waals surface area contributed by atoms with Crippen molar-refractivity contribution < 1.29 is 19.1 Å². The fourth-order valence-corrected chi connectivity index (χ4v) is 5.47. The average Bonchev–Trinajstić information content (AvgIpc) is 3.15. The molecule has 0 N–H and O–H groups in total. The van der Waals surface area contributed by atoms with Crippen LogP contribution in [0.5, 0.6) is 5.75 Å². The number of allylic oxidation sites excluding steroid dienone is 4. The van der Waals surface area contributed by atoms with E-state index in [0.717, 1.165) is 42.4 Å². The van der Waals surface area contributed by atoms with Gasteiger partial charge in [-0.25, -0.2) is 9.59 Å². The summed E-state index contributed by atoms with van der Waals surface area (Å²) >= 11 is 0. The first-order valence-corrected chi connectivity index (χ1v) is 17.0. The molecule has 0 spiro atoms. The van der Waals surface area contributed by atoms with E-state index in [9.17, 15) is 20.1 Å². The van der Waals surface area contributed by atoms with Crippen molar-refractivity contribution in [2.75, 3.05) is 6.61 Å². The van der Waals surface area contributed by atoms with Crippen LogP contribution in [0.2, 0.25) is 0 Å². The van der Waals surface area contributed by atoms with Gasteiger partial charge in [-0.15, -0.1) is 0 Å². The molecule has 0 bridgehead atoms. The summed E-state index contributed by atoms with van der Waals surface area (Å²) in [5.41, 5.74) is 5.42. The fraction of sp³-hybridized carbons (Fsp3) is 0.286. The van der Waals surface area contributed by atoms with E-state index in [2.05, 4.69) is 26.0 Å². The lowest BCUT2D eigenvalue weighted by Gasteiger charge is -2.23. The Kier molecular flexibility index (Phi) is 13.8. The number of hydrogen-bond acceptors (Lipinski definition) is 6. The molecule has 0 fully saturated rings. The van der Waals surface area contributed by atoms with E-state index in [0.29, 0.717) is 29.4 Å². The van der Waals surface area contributed by atoms with Crippen molar-refractivity contribution in [1.82, 2.24) is 9.80 Å². The third-order valence-electron chi connectivity index (χ3n) is 8.59. The van der Waals surface area contributed by atoms with Crippen molar-refractivity contribution in [1.29, 1.82) is 10.5 Å². The maximum Gasteiger partial charge on any atom is 0.423 e. The minimum atomic E-state index is -0.549. The number of benzene rings is 3. The van der Waals surface area contributed by atoms with Crippen molar-refractivity contribution in [3.05, 3.63) is 149 Å². The van der Waals surface area contributed by atoms with Crippen LogP contribution >= 0.6 is 0 Å². The summed E-state index contributed by atoms with van der Waals surface area (Å²) < 4.78 is 10.7. The van der Waals surface area contributed by atoms with Crippen molar-refractivity contribution >= 4 is 12.2 Å². The first-order valence-electron chi connectivity index (χ1n) is 17.0. The van der Waals surface area contributed by atoms with E-state index in [4.69, 9.17) is 9.47 Å². The summed E-state index contributed by atoms with van der Waals surface area (Å²) in [5, 5.41) is 18.9. The normalized spacial score (nSPS) is 16.8. The zero-order valence-corrected chi connectivity index (χ0v) is 29.2. The minimum Gasteiger partial charge on any atom is -0.449 e. The Morgan fingerprint density at radius 1 is 0.740 bits per heavy atom. The van der Waals surface area contributed by atoms with E-state index in [1.165, 1.54) is 21.6 Å². The smallest absolute Gasteiger partial charge is 0.423 e. The molecule has 2 amide bonds. The zero-order chi connectivity index (χ0) is 35.9. The number of unbranched alkanes of at least 4 members (excludes halogenated alkanes) is 1. The molecular weight excluding hydrogens is 624 g/mol. The van der Waals surface area contributed by atoms with Crippen LogP contribution in [-0.4, -0.2) is 28.6 Å². The van der Waals surface area contributed by atoms with Gasteiger partial charge in [0.05, 0.1) is 29.9 Å². The lowest BCUT2D eigenvalue weighted by molar-refractivity contribution is 0.106. The molecule has 0 saturated carbocycles. The summed E-state index contributed by atoms with van der Waals surface area (Å²) in [5.74, 6) is 0.574. The van der Waals surface area contributed by atoms with Crippen molar-refractivity contribution in [2.24, 2.45) is 5.92 Å². The molecule has 8 heteroatoms. The van der Waals surface area contributed by atoms with E-state index in [-0.39, 0.29) is 11.8 Å². The van der Waals surface area contributed by atoms with Gasteiger partial charge in [0.2, 0.25) is 0 Å². The second-order valence-electron chi connectivity index (χ2n) is 12.3. The highest BCUT2D eigenvalue weighted by atomic mass is 16.6. The first-order chi connectivity index (χ1) is 24.3. The molecule has 5 rings (SSSR count). The van der Waals surface area contributed by atoms with Crippen molar-refractivity contribution in [2.45, 2.75) is 65.2 Å². The summed E-state index contributed by atoms with van der Waals surface area (Å²) in [6.07, 6.45) is 13.5. The van der Waals surface area contributed by atoms with Gasteiger partial charge in [0.25, 0.3) is 0 Å². The van der Waals surface area contributed by atoms with Gasteiger partial charge in [-0.3, -0.25) is 9.80 Å². The predicted molar refractivity (Wildman–Crippen MR) is 194 cm³/mol. The number of nitriles is 2. The quantitative estimate of drug-likeness (QED) is 0.225. The summed E-state index contributed by atoms with van der Waals surface area (Å²) in [7, 11) is 0. The van der Waals surface area contributed by atoms with Gasteiger partial charge in [0.15, 0.2) is 0 Å². The third-order valence-corrected chi connectivity index (χ3v) is 8.59. The van der Waals surface area contributed by atoms with Gasteiger partial charge in [0.1, 0.15) is 5.75 Å². The lowest BCUT2D eigenvalue weighted by atomic mass is 9.90. The molecule has 8 nitrogen and oxygen atoms in total. The minimum absolute atomic E-state index is 0.127. The van der Waals surface area contributed by atoms with Crippen LogP contribution in [0, 0.1) is 42.4 Å². The van der Waals surface area contributed by atoms with Crippen LogP contribution in [0.25, 0.3) is 0 Å². The van der Waals surface area contributed by atoms with Gasteiger partial charge in [-0.05, 0) is 49.4 Å². The Morgan fingerprint density at radius 3 is 1.70 bits per heavy atom. The molecule has 2 aliphatic rings. The topological polar surface area (TPSA) is 107 Å². The number of hydrogen-bond donors (Lipinski definition) is 0. The molecule has 0 aliphatic carbocycles. The Balaban J connectivity index is 0.000000225. The van der Waals surface area contributed by atoms with Gasteiger partial charge < -0.3 is 9.47 Å².